The molecule has 2 N–H and O–H groups in total. The Hall–Kier alpha value is -1.75. The molecule has 3 rings (SSSR count). The van der Waals surface area contributed by atoms with Crippen molar-refractivity contribution in [1.82, 2.24) is 9.78 Å². The van der Waals surface area contributed by atoms with E-state index < -0.39 is 0 Å². The third-order valence-corrected chi connectivity index (χ3v) is 2.60. The summed E-state index contributed by atoms with van der Waals surface area (Å²) in [6.45, 7) is 2.90. The highest BCUT2D eigenvalue weighted by Crippen LogP contribution is 2.38. The molecular formula is C11H13N3O2. The van der Waals surface area contributed by atoms with Gasteiger partial charge in [-0.15, -0.1) is 0 Å². The van der Waals surface area contributed by atoms with Crippen LogP contribution in [0.25, 0.3) is 10.9 Å². The third-order valence-electron chi connectivity index (χ3n) is 2.60. The molecule has 0 saturated heterocycles. The molecule has 5 nitrogen and oxygen atoms in total. The van der Waals surface area contributed by atoms with E-state index >= 15 is 0 Å². The monoisotopic (exact) mass is 219 g/mol. The Morgan fingerprint density at radius 2 is 2.38 bits per heavy atom. The van der Waals surface area contributed by atoms with E-state index in [1.54, 1.807) is 0 Å². The molecule has 1 aliphatic rings. The van der Waals surface area contributed by atoms with Gasteiger partial charge in [0, 0.05) is 11.4 Å². The molecule has 1 aromatic carbocycles. The van der Waals surface area contributed by atoms with Gasteiger partial charge in [0.1, 0.15) is 5.52 Å². The van der Waals surface area contributed by atoms with Crippen LogP contribution in [0.3, 0.4) is 0 Å². The molecule has 0 radical (unpaired) electrons. The molecule has 0 saturated carbocycles. The van der Waals surface area contributed by atoms with Crippen LogP contribution in [-0.2, 0) is 6.54 Å². The molecule has 0 bridgehead atoms. The molecule has 2 heterocycles. The average Bonchev–Trinajstić information content (AvgIpc) is 2.82. The maximum atomic E-state index is 5.79. The van der Waals surface area contributed by atoms with E-state index in [1.807, 2.05) is 29.9 Å². The van der Waals surface area contributed by atoms with Crippen molar-refractivity contribution in [3.05, 3.63) is 18.3 Å². The Morgan fingerprint density at radius 3 is 3.19 bits per heavy atom. The first-order chi connectivity index (χ1) is 7.75. The van der Waals surface area contributed by atoms with Gasteiger partial charge in [0.25, 0.3) is 0 Å². The highest BCUT2D eigenvalue weighted by atomic mass is 16.7. The second-order valence-electron chi connectivity index (χ2n) is 4.04. The quantitative estimate of drug-likeness (QED) is 0.822. The molecule has 1 aliphatic heterocycles. The zero-order chi connectivity index (χ0) is 11.1. The predicted molar refractivity (Wildman–Crippen MR) is 59.5 cm³/mol. The summed E-state index contributed by atoms with van der Waals surface area (Å²) in [5, 5.41) is 5.36. The van der Waals surface area contributed by atoms with Gasteiger partial charge >= 0.3 is 0 Å². The second-order valence-corrected chi connectivity index (χ2v) is 4.04. The van der Waals surface area contributed by atoms with Crippen molar-refractivity contribution in [3.63, 3.8) is 0 Å². The minimum Gasteiger partial charge on any atom is -0.454 e. The summed E-state index contributed by atoms with van der Waals surface area (Å²) < 4.78 is 12.7. The van der Waals surface area contributed by atoms with Crippen molar-refractivity contribution >= 4 is 10.9 Å². The van der Waals surface area contributed by atoms with Gasteiger partial charge in [0.15, 0.2) is 11.5 Å². The number of fused-ring (bicyclic) bond motifs is 3. The summed E-state index contributed by atoms with van der Waals surface area (Å²) in [4.78, 5) is 0. The van der Waals surface area contributed by atoms with Gasteiger partial charge in [-0.3, -0.25) is 4.68 Å². The zero-order valence-electron chi connectivity index (χ0n) is 9.01. The summed E-state index contributed by atoms with van der Waals surface area (Å²) in [5.74, 6) is 1.55. The number of nitrogens with two attached hydrogens (primary N) is 1. The van der Waals surface area contributed by atoms with Crippen LogP contribution in [0.4, 0.5) is 0 Å². The Balaban J connectivity index is 2.20. The van der Waals surface area contributed by atoms with E-state index in [0.717, 1.165) is 22.4 Å². The molecule has 1 aromatic heterocycles. The zero-order valence-corrected chi connectivity index (χ0v) is 9.01. The molecule has 0 spiro atoms. The highest BCUT2D eigenvalue weighted by molar-refractivity contribution is 5.87. The molecule has 0 amide bonds. The van der Waals surface area contributed by atoms with Crippen LogP contribution >= 0.6 is 0 Å². The van der Waals surface area contributed by atoms with Crippen LogP contribution in [0, 0.1) is 0 Å². The van der Waals surface area contributed by atoms with Crippen LogP contribution < -0.4 is 15.2 Å². The fraction of sp³-hybridized carbons (Fsp3) is 0.364. The van der Waals surface area contributed by atoms with Crippen LogP contribution in [0.1, 0.15) is 6.92 Å². The summed E-state index contributed by atoms with van der Waals surface area (Å²) in [5.41, 5.74) is 6.75. The highest BCUT2D eigenvalue weighted by Gasteiger charge is 2.20. The second kappa shape index (κ2) is 3.38. The van der Waals surface area contributed by atoms with Crippen molar-refractivity contribution in [1.29, 1.82) is 0 Å². The van der Waals surface area contributed by atoms with Gasteiger partial charge in [0.05, 0.1) is 12.7 Å². The Morgan fingerprint density at radius 1 is 1.50 bits per heavy atom. The van der Waals surface area contributed by atoms with Crippen molar-refractivity contribution in [2.24, 2.45) is 5.73 Å². The Kier molecular flexibility index (Phi) is 2.00. The first-order valence-electron chi connectivity index (χ1n) is 5.25. The van der Waals surface area contributed by atoms with Crippen LogP contribution in [0.15, 0.2) is 18.3 Å². The van der Waals surface area contributed by atoms with E-state index in [0.29, 0.717) is 6.54 Å². The minimum absolute atomic E-state index is 0.0567. The number of aromatic nitrogens is 2. The molecule has 5 heteroatoms. The molecule has 84 valence electrons. The van der Waals surface area contributed by atoms with E-state index in [9.17, 15) is 0 Å². The molecule has 0 aliphatic carbocycles. The van der Waals surface area contributed by atoms with E-state index in [4.69, 9.17) is 15.2 Å². The normalized spacial score (nSPS) is 15.6. The van der Waals surface area contributed by atoms with Gasteiger partial charge in [-0.1, -0.05) is 0 Å². The van der Waals surface area contributed by atoms with Crippen LogP contribution in [-0.4, -0.2) is 22.6 Å². The maximum Gasteiger partial charge on any atom is 0.231 e. The van der Waals surface area contributed by atoms with Crippen molar-refractivity contribution in [2.45, 2.75) is 19.5 Å². The lowest BCUT2D eigenvalue weighted by atomic mass is 10.2. The fourth-order valence-corrected chi connectivity index (χ4v) is 1.94. The first-order valence-corrected chi connectivity index (χ1v) is 5.25. The van der Waals surface area contributed by atoms with Crippen molar-refractivity contribution in [3.8, 4) is 11.5 Å². The van der Waals surface area contributed by atoms with E-state index in [-0.39, 0.29) is 12.8 Å². The first kappa shape index (κ1) is 9.47. The molecule has 16 heavy (non-hydrogen) atoms. The van der Waals surface area contributed by atoms with Gasteiger partial charge in [0.2, 0.25) is 6.79 Å². The maximum absolute atomic E-state index is 5.79. The number of nitrogens with zero attached hydrogens (tertiary/aromatic N) is 2. The molecule has 0 unspecified atom stereocenters. The Bertz CT molecular complexity index is 533. The third kappa shape index (κ3) is 1.32. The number of hydrogen-bond donors (Lipinski definition) is 1. The minimum atomic E-state index is 0.0567. The van der Waals surface area contributed by atoms with E-state index in [1.165, 1.54) is 0 Å². The summed E-state index contributed by atoms with van der Waals surface area (Å²) in [6, 6.07) is 3.94. The predicted octanol–water partition coefficient (Wildman–Crippen LogP) is 1.11. The SMILES string of the molecule is C[C@H](N)Cn1ncc2ccc3c(c21)OCO3. The number of hydrogen-bond acceptors (Lipinski definition) is 4. The lowest BCUT2D eigenvalue weighted by Gasteiger charge is -2.08. The Labute approximate surface area is 92.7 Å². The number of ether oxygens (including phenoxy) is 2. The van der Waals surface area contributed by atoms with Crippen LogP contribution in [0.5, 0.6) is 11.5 Å². The fourth-order valence-electron chi connectivity index (χ4n) is 1.94. The largest absolute Gasteiger partial charge is 0.454 e. The van der Waals surface area contributed by atoms with Crippen molar-refractivity contribution in [2.75, 3.05) is 6.79 Å². The number of benzene rings is 1. The summed E-state index contributed by atoms with van der Waals surface area (Å²) >= 11 is 0. The smallest absolute Gasteiger partial charge is 0.231 e. The topological polar surface area (TPSA) is 62.3 Å². The molecule has 2 aromatic rings. The van der Waals surface area contributed by atoms with E-state index in [2.05, 4.69) is 5.10 Å². The average molecular weight is 219 g/mol. The summed E-state index contributed by atoms with van der Waals surface area (Å²) in [7, 11) is 0. The van der Waals surface area contributed by atoms with Gasteiger partial charge < -0.3 is 15.2 Å². The number of rotatable bonds is 2. The molecular weight excluding hydrogens is 206 g/mol. The van der Waals surface area contributed by atoms with Gasteiger partial charge in [-0.25, -0.2) is 0 Å². The van der Waals surface area contributed by atoms with Crippen LogP contribution in [0.2, 0.25) is 0 Å². The van der Waals surface area contributed by atoms with Gasteiger partial charge in [-0.05, 0) is 19.1 Å². The lowest BCUT2D eigenvalue weighted by molar-refractivity contribution is 0.174. The van der Waals surface area contributed by atoms with Crippen molar-refractivity contribution < 1.29 is 9.47 Å². The standard InChI is InChI=1S/C11H13N3O2/c1-7(12)5-14-10-8(4-13-14)2-3-9-11(10)16-6-15-9/h2-4,7H,5-6,12H2,1H3/t7-/m0/s1. The lowest BCUT2D eigenvalue weighted by Crippen LogP contribution is -2.22. The summed E-state index contributed by atoms with van der Waals surface area (Å²) in [6.07, 6.45) is 1.82. The van der Waals surface area contributed by atoms with Gasteiger partial charge in [-0.2, -0.15) is 5.10 Å². The molecule has 0 fully saturated rings. The molecule has 1 atom stereocenters.